The third-order valence-electron chi connectivity index (χ3n) is 2.44. The Kier molecular flexibility index (Phi) is 3.14. The monoisotopic (exact) mass is 292 g/mol. The number of sulfone groups is 1. The predicted molar refractivity (Wildman–Crippen MR) is 55.8 cm³/mol. The average molecular weight is 292 g/mol. The first kappa shape index (κ1) is 13.6. The van der Waals surface area contributed by atoms with E-state index >= 15 is 0 Å². The molecule has 0 radical (unpaired) electrons. The van der Waals surface area contributed by atoms with Crippen LogP contribution in [0, 0.1) is 11.3 Å². The molecule has 0 spiro atoms. The molecule has 0 aromatic carbocycles. The number of hydrogen-bond donors (Lipinski definition) is 0. The molecule has 102 valence electrons. The van der Waals surface area contributed by atoms with E-state index in [9.17, 15) is 21.6 Å². The highest BCUT2D eigenvalue weighted by atomic mass is 32.2. The Labute approximate surface area is 106 Å². The van der Waals surface area contributed by atoms with Crippen LogP contribution in [0.25, 0.3) is 0 Å². The molecule has 9 heteroatoms. The van der Waals surface area contributed by atoms with Crippen molar-refractivity contribution >= 4 is 9.84 Å². The molecular formula is C10H7F3N2O3S. The first-order valence-electron chi connectivity index (χ1n) is 5.14. The van der Waals surface area contributed by atoms with Crippen molar-refractivity contribution in [3.8, 4) is 11.8 Å². The van der Waals surface area contributed by atoms with Gasteiger partial charge in [0.15, 0.2) is 15.5 Å². The van der Waals surface area contributed by atoms with E-state index < -0.39 is 37.8 Å². The summed E-state index contributed by atoms with van der Waals surface area (Å²) in [5.74, 6) is -0.759. The van der Waals surface area contributed by atoms with Gasteiger partial charge in [-0.3, -0.25) is 0 Å². The molecule has 2 rings (SSSR count). The van der Waals surface area contributed by atoms with Gasteiger partial charge in [-0.1, -0.05) is 0 Å². The third-order valence-corrected chi connectivity index (χ3v) is 4.71. The number of nitriles is 1. The van der Waals surface area contributed by atoms with E-state index in [1.165, 1.54) is 0 Å². The van der Waals surface area contributed by atoms with Gasteiger partial charge in [0.2, 0.25) is 0 Å². The molecule has 0 saturated heterocycles. The number of aromatic nitrogens is 1. The average Bonchev–Trinajstić information content (AvgIpc) is 3.10. The SMILES string of the molecule is N#Cc1ncc(OC(F)(F)F)cc1S(=O)(=O)C1CC1. The highest BCUT2D eigenvalue weighted by Crippen LogP contribution is 2.36. The Hall–Kier alpha value is -1.82. The molecular weight excluding hydrogens is 285 g/mol. The lowest BCUT2D eigenvalue weighted by Crippen LogP contribution is -2.18. The van der Waals surface area contributed by atoms with Crippen molar-refractivity contribution in [3.05, 3.63) is 18.0 Å². The second-order valence-corrected chi connectivity index (χ2v) is 6.12. The zero-order valence-corrected chi connectivity index (χ0v) is 10.1. The van der Waals surface area contributed by atoms with Crippen molar-refractivity contribution in [1.29, 1.82) is 5.26 Å². The maximum Gasteiger partial charge on any atom is 0.573 e. The summed E-state index contributed by atoms with van der Waals surface area (Å²) in [6.07, 6.45) is -3.43. The number of nitrogens with zero attached hydrogens (tertiary/aromatic N) is 2. The van der Waals surface area contributed by atoms with E-state index in [4.69, 9.17) is 5.26 Å². The number of ether oxygens (including phenoxy) is 1. The molecule has 1 aromatic rings. The molecule has 1 aliphatic carbocycles. The van der Waals surface area contributed by atoms with Crippen LogP contribution in [0.2, 0.25) is 0 Å². The first-order chi connectivity index (χ1) is 8.74. The molecule has 0 N–H and O–H groups in total. The van der Waals surface area contributed by atoms with Gasteiger partial charge in [0.25, 0.3) is 0 Å². The number of pyridine rings is 1. The van der Waals surface area contributed by atoms with E-state index in [2.05, 4.69) is 9.72 Å². The summed E-state index contributed by atoms with van der Waals surface area (Å²) in [5.41, 5.74) is -0.429. The van der Waals surface area contributed by atoms with Gasteiger partial charge in [0.1, 0.15) is 16.7 Å². The molecule has 1 fully saturated rings. The van der Waals surface area contributed by atoms with Gasteiger partial charge < -0.3 is 4.74 Å². The molecule has 19 heavy (non-hydrogen) atoms. The maximum atomic E-state index is 12.1. The highest BCUT2D eigenvalue weighted by molar-refractivity contribution is 7.92. The van der Waals surface area contributed by atoms with Crippen molar-refractivity contribution < 1.29 is 26.3 Å². The minimum Gasteiger partial charge on any atom is -0.404 e. The Balaban J connectivity index is 2.46. The van der Waals surface area contributed by atoms with E-state index in [-0.39, 0.29) is 0 Å². The predicted octanol–water partition coefficient (Wildman–Crippen LogP) is 1.79. The van der Waals surface area contributed by atoms with Crippen LogP contribution in [-0.4, -0.2) is 25.0 Å². The fourth-order valence-corrected chi connectivity index (χ4v) is 3.24. The second-order valence-electron chi connectivity index (χ2n) is 3.92. The molecule has 5 nitrogen and oxygen atoms in total. The Morgan fingerprint density at radius 1 is 1.42 bits per heavy atom. The first-order valence-corrected chi connectivity index (χ1v) is 6.68. The summed E-state index contributed by atoms with van der Waals surface area (Å²) in [5, 5.41) is 8.12. The van der Waals surface area contributed by atoms with Gasteiger partial charge in [-0.2, -0.15) is 5.26 Å². The number of hydrogen-bond acceptors (Lipinski definition) is 5. The molecule has 0 unspecified atom stereocenters. The van der Waals surface area contributed by atoms with Crippen molar-refractivity contribution in [2.75, 3.05) is 0 Å². The molecule has 1 saturated carbocycles. The van der Waals surface area contributed by atoms with Crippen molar-refractivity contribution in [2.24, 2.45) is 0 Å². The summed E-state index contributed by atoms with van der Waals surface area (Å²) in [7, 11) is -3.82. The molecule has 1 aliphatic rings. The van der Waals surface area contributed by atoms with Gasteiger partial charge in [0, 0.05) is 6.07 Å². The fourth-order valence-electron chi connectivity index (χ4n) is 1.47. The second kappa shape index (κ2) is 4.38. The lowest BCUT2D eigenvalue weighted by Gasteiger charge is -2.10. The fraction of sp³-hybridized carbons (Fsp3) is 0.400. The van der Waals surface area contributed by atoms with Crippen LogP contribution in [0.3, 0.4) is 0 Å². The summed E-state index contributed by atoms with van der Waals surface area (Å²) >= 11 is 0. The van der Waals surface area contributed by atoms with Gasteiger partial charge in [0.05, 0.1) is 11.4 Å². The minimum absolute atomic E-state index is 0.428. The zero-order chi connectivity index (χ0) is 14.3. The Morgan fingerprint density at radius 2 is 2.05 bits per heavy atom. The largest absolute Gasteiger partial charge is 0.573 e. The van der Waals surface area contributed by atoms with E-state index in [0.717, 1.165) is 0 Å². The molecule has 0 amide bonds. The molecule has 1 heterocycles. The standard InChI is InChI=1S/C10H7F3N2O3S/c11-10(12,13)18-6-3-9(8(4-14)15-5-6)19(16,17)7-1-2-7/h3,5,7H,1-2H2. The van der Waals surface area contributed by atoms with Gasteiger partial charge in [-0.05, 0) is 12.8 Å². The van der Waals surface area contributed by atoms with Crippen LogP contribution in [0.5, 0.6) is 5.75 Å². The topological polar surface area (TPSA) is 80.0 Å². The van der Waals surface area contributed by atoms with Crippen LogP contribution in [0.15, 0.2) is 17.2 Å². The Morgan fingerprint density at radius 3 is 2.53 bits per heavy atom. The molecule has 1 aromatic heterocycles. The van der Waals surface area contributed by atoms with Crippen LogP contribution in [0.1, 0.15) is 18.5 Å². The van der Waals surface area contributed by atoms with Crippen LogP contribution >= 0.6 is 0 Å². The lowest BCUT2D eigenvalue weighted by atomic mass is 10.3. The van der Waals surface area contributed by atoms with Gasteiger partial charge in [-0.15, -0.1) is 13.2 Å². The summed E-state index contributed by atoms with van der Waals surface area (Å²) in [6.45, 7) is 0. The normalized spacial score (nSPS) is 15.9. The van der Waals surface area contributed by atoms with Crippen molar-refractivity contribution in [3.63, 3.8) is 0 Å². The van der Waals surface area contributed by atoms with Crippen molar-refractivity contribution in [2.45, 2.75) is 29.3 Å². The van der Waals surface area contributed by atoms with Crippen molar-refractivity contribution in [1.82, 2.24) is 4.98 Å². The van der Waals surface area contributed by atoms with Gasteiger partial charge in [-0.25, -0.2) is 13.4 Å². The highest BCUT2D eigenvalue weighted by Gasteiger charge is 2.39. The summed E-state index contributed by atoms with van der Waals surface area (Å²) in [4.78, 5) is 2.88. The summed E-state index contributed by atoms with van der Waals surface area (Å²) < 4.78 is 63.7. The van der Waals surface area contributed by atoms with Gasteiger partial charge >= 0.3 is 6.36 Å². The van der Waals surface area contributed by atoms with Crippen LogP contribution in [0.4, 0.5) is 13.2 Å². The van der Waals surface area contributed by atoms with Crippen LogP contribution in [-0.2, 0) is 9.84 Å². The van der Waals surface area contributed by atoms with E-state index in [1.54, 1.807) is 6.07 Å². The third kappa shape index (κ3) is 2.96. The zero-order valence-electron chi connectivity index (χ0n) is 9.31. The molecule has 0 aliphatic heterocycles. The summed E-state index contributed by atoms with van der Waals surface area (Å²) in [6, 6.07) is 2.23. The number of rotatable bonds is 3. The van der Waals surface area contributed by atoms with E-state index in [1.807, 2.05) is 0 Å². The quantitative estimate of drug-likeness (QED) is 0.848. The minimum atomic E-state index is -4.95. The number of halogens is 3. The molecule has 0 atom stereocenters. The van der Waals surface area contributed by atoms with Crippen LogP contribution < -0.4 is 4.74 Å². The van der Waals surface area contributed by atoms with E-state index in [0.29, 0.717) is 25.1 Å². The maximum absolute atomic E-state index is 12.1. The Bertz CT molecular complexity index is 645. The molecule has 0 bridgehead atoms. The lowest BCUT2D eigenvalue weighted by molar-refractivity contribution is -0.274. The number of alkyl halides is 3. The smallest absolute Gasteiger partial charge is 0.404 e.